The molecule has 1 aromatic heterocycles. The number of thiazole rings is 1. The van der Waals surface area contributed by atoms with E-state index in [1.165, 1.54) is 4.90 Å². The Hall–Kier alpha value is -3.72. The maximum absolute atomic E-state index is 12.9. The molecule has 3 amide bonds. The van der Waals surface area contributed by atoms with Crippen molar-refractivity contribution < 1.29 is 19.1 Å². The molecular weight excluding hydrogens is 464 g/mol. The van der Waals surface area contributed by atoms with Crippen LogP contribution in [0.3, 0.4) is 0 Å². The second kappa shape index (κ2) is 12.1. The minimum Gasteiger partial charge on any atom is -0.457 e. The number of nitrogens with one attached hydrogen (secondary N) is 2. The maximum atomic E-state index is 12.9. The fraction of sp³-hybridized carbons (Fsp3) is 0.308. The molecule has 9 heteroatoms. The molecule has 35 heavy (non-hydrogen) atoms. The quantitative estimate of drug-likeness (QED) is 0.435. The number of ether oxygens (including phenoxy) is 1. The normalized spacial score (nSPS) is 11.4. The number of hydrogen-bond acceptors (Lipinski definition) is 6. The highest BCUT2D eigenvalue weighted by molar-refractivity contribution is 7.17. The van der Waals surface area contributed by atoms with Crippen molar-refractivity contribution in [2.75, 3.05) is 19.4 Å². The Balaban J connectivity index is 1.62. The molecule has 1 unspecified atom stereocenters. The zero-order valence-corrected chi connectivity index (χ0v) is 21.1. The number of aromatic nitrogens is 1. The standard InChI is InChI=1S/C26H30N4O4S/c1-5-10-21(24(32)29-26-27-17(2)23(35-26)25(33)30(3)4)28-22(31)16-18-11-9-14-20(15-18)34-19-12-7-6-8-13-19/h6-9,11-15,21H,5,10,16H2,1-4H3,(H,28,31)(H,27,29,32). The highest BCUT2D eigenvalue weighted by Crippen LogP contribution is 2.24. The molecular formula is C26H30N4O4S. The number of carbonyl (C=O) groups excluding carboxylic acids is 3. The summed E-state index contributed by atoms with van der Waals surface area (Å²) in [5, 5.41) is 5.91. The van der Waals surface area contributed by atoms with Gasteiger partial charge in [-0.25, -0.2) is 4.98 Å². The Morgan fingerprint density at radius 1 is 1.06 bits per heavy atom. The lowest BCUT2D eigenvalue weighted by molar-refractivity contribution is -0.126. The number of amides is 3. The van der Waals surface area contributed by atoms with Crippen LogP contribution in [0.1, 0.15) is 40.7 Å². The van der Waals surface area contributed by atoms with E-state index >= 15 is 0 Å². The van der Waals surface area contributed by atoms with Crippen LogP contribution in [0.25, 0.3) is 0 Å². The molecule has 0 fully saturated rings. The topological polar surface area (TPSA) is 101 Å². The second-order valence-electron chi connectivity index (χ2n) is 8.27. The fourth-order valence-corrected chi connectivity index (χ4v) is 4.37. The molecule has 1 atom stereocenters. The number of rotatable bonds is 10. The Morgan fingerprint density at radius 2 is 1.77 bits per heavy atom. The van der Waals surface area contributed by atoms with Crippen LogP contribution in [0.4, 0.5) is 5.13 Å². The highest BCUT2D eigenvalue weighted by atomic mass is 32.1. The number of aryl methyl sites for hydroxylation is 1. The van der Waals surface area contributed by atoms with E-state index in [0.717, 1.165) is 16.9 Å². The molecule has 1 heterocycles. The maximum Gasteiger partial charge on any atom is 0.265 e. The average molecular weight is 495 g/mol. The van der Waals surface area contributed by atoms with E-state index in [9.17, 15) is 14.4 Å². The number of carbonyl (C=O) groups is 3. The number of para-hydroxylation sites is 1. The van der Waals surface area contributed by atoms with Crippen LogP contribution < -0.4 is 15.4 Å². The van der Waals surface area contributed by atoms with Crippen molar-refractivity contribution in [3.63, 3.8) is 0 Å². The van der Waals surface area contributed by atoms with Gasteiger partial charge >= 0.3 is 0 Å². The van der Waals surface area contributed by atoms with Gasteiger partial charge in [-0.3, -0.25) is 14.4 Å². The fourth-order valence-electron chi connectivity index (χ4n) is 3.38. The van der Waals surface area contributed by atoms with Gasteiger partial charge in [0.05, 0.1) is 12.1 Å². The first-order chi connectivity index (χ1) is 16.8. The molecule has 3 aromatic rings. The summed E-state index contributed by atoms with van der Waals surface area (Å²) < 4.78 is 5.84. The lowest BCUT2D eigenvalue weighted by Gasteiger charge is -2.17. The van der Waals surface area contributed by atoms with E-state index in [1.54, 1.807) is 21.0 Å². The Morgan fingerprint density at radius 3 is 2.46 bits per heavy atom. The Kier molecular flexibility index (Phi) is 8.97. The van der Waals surface area contributed by atoms with Gasteiger partial charge in [0.25, 0.3) is 5.91 Å². The van der Waals surface area contributed by atoms with Crippen molar-refractivity contribution in [2.45, 2.75) is 39.2 Å². The van der Waals surface area contributed by atoms with Crippen LogP contribution in [-0.2, 0) is 16.0 Å². The van der Waals surface area contributed by atoms with E-state index in [4.69, 9.17) is 4.74 Å². The molecule has 0 bridgehead atoms. The van der Waals surface area contributed by atoms with Crippen LogP contribution in [0, 0.1) is 6.92 Å². The SMILES string of the molecule is CCCC(NC(=O)Cc1cccc(Oc2ccccc2)c1)C(=O)Nc1nc(C)c(C(=O)N(C)C)s1. The van der Waals surface area contributed by atoms with Crippen LogP contribution in [0.5, 0.6) is 11.5 Å². The lowest BCUT2D eigenvalue weighted by atomic mass is 10.1. The van der Waals surface area contributed by atoms with Gasteiger partial charge in [0.15, 0.2) is 5.13 Å². The predicted octanol–water partition coefficient (Wildman–Crippen LogP) is 4.41. The third-order valence-corrected chi connectivity index (χ3v) is 6.16. The molecule has 3 rings (SSSR count). The molecule has 0 aliphatic rings. The summed E-state index contributed by atoms with van der Waals surface area (Å²) in [5.41, 5.74) is 1.33. The number of benzene rings is 2. The van der Waals surface area contributed by atoms with Crippen molar-refractivity contribution >= 4 is 34.2 Å². The number of anilines is 1. The summed E-state index contributed by atoms with van der Waals surface area (Å²) in [4.78, 5) is 44.1. The van der Waals surface area contributed by atoms with Crippen LogP contribution >= 0.6 is 11.3 Å². The van der Waals surface area contributed by atoms with Gasteiger partial charge in [-0.15, -0.1) is 0 Å². The summed E-state index contributed by atoms with van der Waals surface area (Å²) in [6.45, 7) is 3.67. The van der Waals surface area contributed by atoms with Crippen LogP contribution in [-0.4, -0.2) is 47.7 Å². The summed E-state index contributed by atoms with van der Waals surface area (Å²) in [6.07, 6.45) is 1.29. The smallest absolute Gasteiger partial charge is 0.265 e. The van der Waals surface area contributed by atoms with Crippen molar-refractivity contribution in [3.05, 3.63) is 70.7 Å². The third-order valence-electron chi connectivity index (χ3n) is 5.10. The van der Waals surface area contributed by atoms with E-state index in [-0.39, 0.29) is 24.1 Å². The van der Waals surface area contributed by atoms with Gasteiger partial charge in [0.1, 0.15) is 22.4 Å². The molecule has 2 N–H and O–H groups in total. The summed E-state index contributed by atoms with van der Waals surface area (Å²) >= 11 is 1.12. The minimum atomic E-state index is -0.714. The van der Waals surface area contributed by atoms with E-state index < -0.39 is 6.04 Å². The molecule has 0 aliphatic carbocycles. The van der Waals surface area contributed by atoms with E-state index in [1.807, 2.05) is 61.5 Å². The van der Waals surface area contributed by atoms with Gasteiger partial charge < -0.3 is 20.3 Å². The first kappa shape index (κ1) is 25.9. The van der Waals surface area contributed by atoms with Gasteiger partial charge in [-0.1, -0.05) is 55.0 Å². The zero-order chi connectivity index (χ0) is 25.4. The minimum absolute atomic E-state index is 0.108. The van der Waals surface area contributed by atoms with Gasteiger partial charge in [-0.2, -0.15) is 0 Å². The van der Waals surface area contributed by atoms with Gasteiger partial charge in [0.2, 0.25) is 11.8 Å². The summed E-state index contributed by atoms with van der Waals surface area (Å²) in [7, 11) is 3.33. The molecule has 0 saturated carbocycles. The number of nitrogens with zero attached hydrogens (tertiary/aromatic N) is 2. The first-order valence-corrected chi connectivity index (χ1v) is 12.2. The molecule has 2 aromatic carbocycles. The van der Waals surface area contributed by atoms with Crippen molar-refractivity contribution in [1.82, 2.24) is 15.2 Å². The molecule has 0 saturated heterocycles. The monoisotopic (exact) mass is 494 g/mol. The second-order valence-corrected chi connectivity index (χ2v) is 9.27. The van der Waals surface area contributed by atoms with Crippen molar-refractivity contribution in [3.8, 4) is 11.5 Å². The van der Waals surface area contributed by atoms with Crippen molar-refractivity contribution in [1.29, 1.82) is 0 Å². The molecule has 0 aliphatic heterocycles. The average Bonchev–Trinajstić information content (AvgIpc) is 3.18. The summed E-state index contributed by atoms with van der Waals surface area (Å²) in [5.74, 6) is 0.541. The van der Waals surface area contributed by atoms with Gasteiger partial charge in [0, 0.05) is 14.1 Å². The van der Waals surface area contributed by atoms with Gasteiger partial charge in [-0.05, 0) is 43.2 Å². The third kappa shape index (κ3) is 7.38. The predicted molar refractivity (Wildman–Crippen MR) is 137 cm³/mol. The molecule has 0 spiro atoms. The molecule has 8 nitrogen and oxygen atoms in total. The molecule has 0 radical (unpaired) electrons. The zero-order valence-electron chi connectivity index (χ0n) is 20.3. The number of hydrogen-bond donors (Lipinski definition) is 2. The van der Waals surface area contributed by atoms with Crippen LogP contribution in [0.2, 0.25) is 0 Å². The largest absolute Gasteiger partial charge is 0.457 e. The molecule has 184 valence electrons. The summed E-state index contributed by atoms with van der Waals surface area (Å²) in [6, 6.07) is 16.0. The van der Waals surface area contributed by atoms with Crippen LogP contribution in [0.15, 0.2) is 54.6 Å². The first-order valence-electron chi connectivity index (χ1n) is 11.4. The van der Waals surface area contributed by atoms with E-state index in [0.29, 0.717) is 40.0 Å². The Bertz CT molecular complexity index is 1180. The Labute approximate surface area is 209 Å². The van der Waals surface area contributed by atoms with E-state index in [2.05, 4.69) is 15.6 Å². The van der Waals surface area contributed by atoms with Crippen molar-refractivity contribution in [2.24, 2.45) is 0 Å². The lowest BCUT2D eigenvalue weighted by Crippen LogP contribution is -2.44. The highest BCUT2D eigenvalue weighted by Gasteiger charge is 2.23.